The van der Waals surface area contributed by atoms with E-state index in [2.05, 4.69) is 21.2 Å². The zero-order valence-electron chi connectivity index (χ0n) is 9.88. The van der Waals surface area contributed by atoms with Crippen molar-refractivity contribution >= 4 is 67.7 Å². The third-order valence-electron chi connectivity index (χ3n) is 2.51. The Morgan fingerprint density at radius 3 is 2.45 bits per heavy atom. The Morgan fingerprint density at radius 2 is 1.90 bits per heavy atom. The van der Waals surface area contributed by atoms with E-state index in [-0.39, 0.29) is 10.0 Å². The highest BCUT2D eigenvalue weighted by atomic mass is 79.9. The van der Waals surface area contributed by atoms with Crippen LogP contribution < -0.4 is 11.1 Å². The molecule has 104 valence electrons. The van der Waals surface area contributed by atoms with Gasteiger partial charge in [0.25, 0.3) is 0 Å². The first-order valence-electron chi connectivity index (χ1n) is 5.39. The lowest BCUT2D eigenvalue weighted by Gasteiger charge is -2.12. The van der Waals surface area contributed by atoms with Crippen LogP contribution in [0.5, 0.6) is 0 Å². The molecule has 0 atom stereocenters. The minimum absolute atomic E-state index is 0.225. The number of thiocarbonyl (C=S) groups is 1. The molecule has 0 heterocycles. The SMILES string of the molecule is NC(=S)c1ccc(Nc2c(Cl)cc(F)cc2Br)cc1Cl. The summed E-state index contributed by atoms with van der Waals surface area (Å²) in [6.45, 7) is 0. The molecule has 0 unspecified atom stereocenters. The molecule has 3 N–H and O–H groups in total. The largest absolute Gasteiger partial charge is 0.389 e. The quantitative estimate of drug-likeness (QED) is 0.697. The molecular weight excluding hydrogens is 386 g/mol. The van der Waals surface area contributed by atoms with Gasteiger partial charge in [0.15, 0.2) is 0 Å². The zero-order chi connectivity index (χ0) is 14.9. The molecule has 2 nitrogen and oxygen atoms in total. The van der Waals surface area contributed by atoms with Gasteiger partial charge < -0.3 is 11.1 Å². The average molecular weight is 394 g/mol. The fourth-order valence-electron chi connectivity index (χ4n) is 1.60. The maximum Gasteiger partial charge on any atom is 0.125 e. The van der Waals surface area contributed by atoms with E-state index >= 15 is 0 Å². The summed E-state index contributed by atoms with van der Waals surface area (Å²) in [6.07, 6.45) is 0. The molecule has 0 fully saturated rings. The van der Waals surface area contributed by atoms with Crippen LogP contribution in [0.25, 0.3) is 0 Å². The van der Waals surface area contributed by atoms with Crippen molar-refractivity contribution in [3.8, 4) is 0 Å². The van der Waals surface area contributed by atoms with Crippen LogP contribution >= 0.6 is 51.3 Å². The molecule has 0 amide bonds. The number of hydrogen-bond donors (Lipinski definition) is 2. The van der Waals surface area contributed by atoms with Gasteiger partial charge in [0.2, 0.25) is 0 Å². The van der Waals surface area contributed by atoms with Crippen LogP contribution in [0.2, 0.25) is 10.0 Å². The smallest absolute Gasteiger partial charge is 0.125 e. The molecule has 0 aliphatic carbocycles. The summed E-state index contributed by atoms with van der Waals surface area (Å²) in [5, 5.41) is 3.74. The fourth-order valence-corrected chi connectivity index (χ4v) is 3.01. The third kappa shape index (κ3) is 3.41. The van der Waals surface area contributed by atoms with Crippen molar-refractivity contribution in [3.63, 3.8) is 0 Å². The van der Waals surface area contributed by atoms with E-state index in [1.165, 1.54) is 12.1 Å². The number of benzene rings is 2. The van der Waals surface area contributed by atoms with E-state index in [9.17, 15) is 4.39 Å². The highest BCUT2D eigenvalue weighted by Gasteiger charge is 2.10. The van der Waals surface area contributed by atoms with Crippen LogP contribution in [0.4, 0.5) is 15.8 Å². The Bertz CT molecular complexity index is 671. The number of nitrogens with two attached hydrogens (primary N) is 1. The topological polar surface area (TPSA) is 38.0 Å². The van der Waals surface area contributed by atoms with E-state index < -0.39 is 5.82 Å². The van der Waals surface area contributed by atoms with Crippen LogP contribution in [0.15, 0.2) is 34.8 Å². The minimum atomic E-state index is -0.422. The van der Waals surface area contributed by atoms with Gasteiger partial charge in [-0.3, -0.25) is 0 Å². The number of halogens is 4. The third-order valence-corrected chi connectivity index (χ3v) is 3.97. The van der Waals surface area contributed by atoms with E-state index in [1.807, 2.05) is 0 Å². The summed E-state index contributed by atoms with van der Waals surface area (Å²) in [5.74, 6) is -0.422. The lowest BCUT2D eigenvalue weighted by Crippen LogP contribution is -2.10. The summed E-state index contributed by atoms with van der Waals surface area (Å²) in [6, 6.07) is 7.67. The monoisotopic (exact) mass is 392 g/mol. The van der Waals surface area contributed by atoms with Crippen LogP contribution in [0.3, 0.4) is 0 Å². The number of nitrogens with one attached hydrogen (secondary N) is 1. The molecule has 0 radical (unpaired) electrons. The summed E-state index contributed by atoms with van der Waals surface area (Å²) in [4.78, 5) is 0.225. The van der Waals surface area contributed by atoms with Gasteiger partial charge in [-0.1, -0.05) is 35.4 Å². The van der Waals surface area contributed by atoms with Crippen molar-refractivity contribution in [2.75, 3.05) is 5.32 Å². The van der Waals surface area contributed by atoms with Gasteiger partial charge in [0.1, 0.15) is 10.8 Å². The Kier molecular flexibility index (Phi) is 4.86. The fraction of sp³-hybridized carbons (Fsp3) is 0. The van der Waals surface area contributed by atoms with Crippen molar-refractivity contribution < 1.29 is 4.39 Å². The molecule has 2 aromatic carbocycles. The molecule has 0 aromatic heterocycles. The maximum atomic E-state index is 13.2. The van der Waals surface area contributed by atoms with E-state index in [4.69, 9.17) is 41.2 Å². The molecule has 0 aliphatic heterocycles. The minimum Gasteiger partial charge on any atom is -0.389 e. The van der Waals surface area contributed by atoms with Crippen molar-refractivity contribution in [1.82, 2.24) is 0 Å². The first-order chi connectivity index (χ1) is 9.38. The van der Waals surface area contributed by atoms with Gasteiger partial charge in [0, 0.05) is 15.7 Å². The Balaban J connectivity index is 2.36. The van der Waals surface area contributed by atoms with E-state index in [1.54, 1.807) is 18.2 Å². The lowest BCUT2D eigenvalue weighted by molar-refractivity contribution is 0.627. The molecule has 7 heteroatoms. The van der Waals surface area contributed by atoms with Crippen molar-refractivity contribution in [3.05, 3.63) is 56.2 Å². The van der Waals surface area contributed by atoms with Gasteiger partial charge in [-0.15, -0.1) is 0 Å². The number of anilines is 2. The first-order valence-corrected chi connectivity index (χ1v) is 7.35. The highest BCUT2D eigenvalue weighted by Crippen LogP contribution is 2.34. The Labute approximate surface area is 139 Å². The summed E-state index contributed by atoms with van der Waals surface area (Å²) in [5.41, 5.74) is 7.37. The van der Waals surface area contributed by atoms with Crippen molar-refractivity contribution in [2.45, 2.75) is 0 Å². The van der Waals surface area contributed by atoms with Gasteiger partial charge >= 0.3 is 0 Å². The summed E-state index contributed by atoms with van der Waals surface area (Å²) in [7, 11) is 0. The molecule has 0 aliphatic rings. The normalized spacial score (nSPS) is 10.4. The standard InChI is InChI=1S/C13H8BrCl2FN2S/c14-9-3-6(17)4-11(16)12(9)19-7-1-2-8(13(18)20)10(15)5-7/h1-5,19H,(H2,18,20). The predicted molar refractivity (Wildman–Crippen MR) is 89.7 cm³/mol. The number of hydrogen-bond acceptors (Lipinski definition) is 2. The number of rotatable bonds is 3. The van der Waals surface area contributed by atoms with Gasteiger partial charge in [-0.25, -0.2) is 4.39 Å². The molecule has 2 rings (SSSR count). The van der Waals surface area contributed by atoms with Gasteiger partial charge in [-0.05, 0) is 46.3 Å². The molecule has 0 bridgehead atoms. The molecular formula is C13H8BrCl2FN2S. The van der Waals surface area contributed by atoms with Crippen LogP contribution in [-0.2, 0) is 0 Å². The second kappa shape index (κ2) is 6.26. The van der Waals surface area contributed by atoms with Gasteiger partial charge in [-0.2, -0.15) is 0 Å². The first kappa shape index (κ1) is 15.5. The highest BCUT2D eigenvalue weighted by molar-refractivity contribution is 9.10. The Morgan fingerprint density at radius 1 is 1.20 bits per heavy atom. The van der Waals surface area contributed by atoms with Crippen molar-refractivity contribution in [1.29, 1.82) is 0 Å². The van der Waals surface area contributed by atoms with Crippen LogP contribution in [0, 0.1) is 5.82 Å². The molecule has 2 aromatic rings. The lowest BCUT2D eigenvalue weighted by atomic mass is 10.2. The summed E-state index contributed by atoms with van der Waals surface area (Å²) >= 11 is 20.2. The maximum absolute atomic E-state index is 13.2. The van der Waals surface area contributed by atoms with Gasteiger partial charge in [0.05, 0.1) is 15.7 Å². The second-order valence-corrected chi connectivity index (χ2v) is 6.04. The van der Waals surface area contributed by atoms with Crippen LogP contribution in [0.1, 0.15) is 5.56 Å². The molecule has 0 saturated heterocycles. The van der Waals surface area contributed by atoms with Crippen molar-refractivity contribution in [2.24, 2.45) is 5.73 Å². The summed E-state index contributed by atoms with van der Waals surface area (Å²) < 4.78 is 13.7. The Hall–Kier alpha value is -0.880. The zero-order valence-corrected chi connectivity index (χ0v) is 13.8. The average Bonchev–Trinajstić information content (AvgIpc) is 2.33. The predicted octanol–water partition coefficient (Wildman–Crippen LogP) is 5.27. The van der Waals surface area contributed by atoms with E-state index in [0.29, 0.717) is 26.4 Å². The molecule has 0 spiro atoms. The molecule has 20 heavy (non-hydrogen) atoms. The molecule has 0 saturated carbocycles. The second-order valence-electron chi connectivity index (χ2n) is 3.93. The van der Waals surface area contributed by atoms with Crippen LogP contribution in [-0.4, -0.2) is 4.99 Å². The van der Waals surface area contributed by atoms with E-state index in [0.717, 1.165) is 0 Å².